The third-order valence-electron chi connectivity index (χ3n) is 7.02. The number of rotatable bonds is 3. The van der Waals surface area contributed by atoms with Crippen LogP contribution < -0.4 is 0 Å². The van der Waals surface area contributed by atoms with Crippen LogP contribution in [0.25, 0.3) is 10.9 Å². The smallest absolute Gasteiger partial charge is 0.246 e. The van der Waals surface area contributed by atoms with Crippen molar-refractivity contribution in [3.05, 3.63) is 105 Å². The number of aromatic amines is 1. The highest BCUT2D eigenvalue weighted by Crippen LogP contribution is 2.42. The van der Waals surface area contributed by atoms with Crippen LogP contribution in [0.1, 0.15) is 34.0 Å². The molecule has 3 aromatic carbocycles. The number of halogens is 1. The summed E-state index contributed by atoms with van der Waals surface area (Å²) in [6.07, 6.45) is 0.515. The summed E-state index contributed by atoms with van der Waals surface area (Å²) in [7, 11) is 0. The Morgan fingerprint density at radius 2 is 1.71 bits per heavy atom. The van der Waals surface area contributed by atoms with Gasteiger partial charge in [0.25, 0.3) is 0 Å². The van der Waals surface area contributed by atoms with Crippen LogP contribution in [0.15, 0.2) is 77.3 Å². The Morgan fingerprint density at radius 1 is 0.971 bits per heavy atom. The van der Waals surface area contributed by atoms with Crippen LogP contribution in [0.5, 0.6) is 0 Å². The molecule has 0 aliphatic carbocycles. The van der Waals surface area contributed by atoms with E-state index in [1.165, 1.54) is 5.56 Å². The van der Waals surface area contributed by atoms with Gasteiger partial charge < -0.3 is 14.8 Å². The van der Waals surface area contributed by atoms with Gasteiger partial charge in [0.1, 0.15) is 12.6 Å². The molecule has 0 unspecified atom stereocenters. The highest BCUT2D eigenvalue weighted by atomic mass is 79.9. The number of nitrogens with one attached hydrogen (secondary N) is 1. The van der Waals surface area contributed by atoms with E-state index in [1.807, 2.05) is 72.5 Å². The maximum atomic E-state index is 13.8. The van der Waals surface area contributed by atoms with Gasteiger partial charge in [0.05, 0.1) is 6.04 Å². The number of carbonyl (C=O) groups is 2. The number of aryl methyl sites for hydroxylation is 1. The molecule has 1 fully saturated rings. The second-order valence-corrected chi connectivity index (χ2v) is 10.1. The Kier molecular flexibility index (Phi) is 5.06. The zero-order chi connectivity index (χ0) is 23.4. The summed E-state index contributed by atoms with van der Waals surface area (Å²) in [4.78, 5) is 34.5. The van der Waals surface area contributed by atoms with Crippen LogP contribution in [-0.4, -0.2) is 39.2 Å². The minimum atomic E-state index is -0.521. The van der Waals surface area contributed by atoms with Crippen LogP contribution in [0, 0.1) is 6.92 Å². The Morgan fingerprint density at radius 3 is 2.47 bits per heavy atom. The van der Waals surface area contributed by atoms with E-state index < -0.39 is 6.04 Å². The molecule has 170 valence electrons. The number of fused-ring (bicyclic) bond motifs is 4. The molecule has 0 bridgehead atoms. The van der Waals surface area contributed by atoms with Gasteiger partial charge in [-0.25, -0.2) is 0 Å². The first kappa shape index (κ1) is 21.2. The van der Waals surface area contributed by atoms with Gasteiger partial charge in [0, 0.05) is 34.0 Å². The molecule has 6 heteroatoms. The number of amides is 2. The van der Waals surface area contributed by atoms with E-state index in [1.54, 1.807) is 4.90 Å². The van der Waals surface area contributed by atoms with Crippen molar-refractivity contribution in [1.29, 1.82) is 0 Å². The largest absolute Gasteiger partial charge is 0.356 e. The number of hydrogen-bond donors (Lipinski definition) is 1. The number of aromatic nitrogens is 1. The maximum absolute atomic E-state index is 13.8. The highest BCUT2D eigenvalue weighted by molar-refractivity contribution is 9.10. The van der Waals surface area contributed by atoms with Crippen molar-refractivity contribution in [3.63, 3.8) is 0 Å². The van der Waals surface area contributed by atoms with E-state index in [9.17, 15) is 9.59 Å². The predicted molar refractivity (Wildman–Crippen MR) is 135 cm³/mol. The molecule has 0 radical (unpaired) electrons. The average molecular weight is 514 g/mol. The normalized spacial score (nSPS) is 19.9. The van der Waals surface area contributed by atoms with Gasteiger partial charge >= 0.3 is 0 Å². The van der Waals surface area contributed by atoms with Gasteiger partial charge in [-0.05, 0) is 41.8 Å². The van der Waals surface area contributed by atoms with Gasteiger partial charge in [-0.15, -0.1) is 0 Å². The Balaban J connectivity index is 1.44. The molecule has 0 spiro atoms. The number of H-pyrrole nitrogens is 1. The van der Waals surface area contributed by atoms with E-state index in [0.29, 0.717) is 13.0 Å². The lowest BCUT2D eigenvalue weighted by molar-refractivity contribution is -0.159. The molecule has 2 amide bonds. The minimum Gasteiger partial charge on any atom is -0.356 e. The van der Waals surface area contributed by atoms with E-state index in [4.69, 9.17) is 0 Å². The van der Waals surface area contributed by atoms with Crippen molar-refractivity contribution in [1.82, 2.24) is 14.8 Å². The number of hydrogen-bond acceptors (Lipinski definition) is 2. The quantitative estimate of drug-likeness (QED) is 0.413. The molecule has 2 aliphatic rings. The summed E-state index contributed by atoms with van der Waals surface area (Å²) < 4.78 is 0.978. The van der Waals surface area contributed by atoms with Crippen LogP contribution in [-0.2, 0) is 22.6 Å². The van der Waals surface area contributed by atoms with Crippen LogP contribution in [0.4, 0.5) is 0 Å². The molecule has 2 aliphatic heterocycles. The lowest BCUT2D eigenvalue weighted by Crippen LogP contribution is -2.62. The molecule has 5 nitrogen and oxygen atoms in total. The van der Waals surface area contributed by atoms with Gasteiger partial charge in [0.15, 0.2) is 0 Å². The summed E-state index contributed by atoms with van der Waals surface area (Å²) in [6, 6.07) is 23.5. The number of nitrogens with zero attached hydrogens (tertiary/aromatic N) is 2. The van der Waals surface area contributed by atoms with Crippen molar-refractivity contribution >= 4 is 38.6 Å². The lowest BCUT2D eigenvalue weighted by Gasteiger charge is -2.47. The first-order valence-corrected chi connectivity index (χ1v) is 12.3. The van der Waals surface area contributed by atoms with E-state index in [-0.39, 0.29) is 24.4 Å². The number of carbonyl (C=O) groups excluding carboxylic acids is 2. The van der Waals surface area contributed by atoms with Crippen LogP contribution in [0.2, 0.25) is 0 Å². The third-order valence-corrected chi connectivity index (χ3v) is 7.55. The molecule has 1 N–H and O–H groups in total. The van der Waals surface area contributed by atoms with Gasteiger partial charge in [-0.3, -0.25) is 9.59 Å². The molecular formula is C28H24BrN3O2. The van der Waals surface area contributed by atoms with Gasteiger partial charge in [-0.1, -0.05) is 76.1 Å². The highest BCUT2D eigenvalue weighted by Gasteiger charge is 2.48. The van der Waals surface area contributed by atoms with E-state index in [0.717, 1.165) is 37.8 Å². The maximum Gasteiger partial charge on any atom is 0.246 e. The third kappa shape index (κ3) is 3.44. The van der Waals surface area contributed by atoms with Crippen molar-refractivity contribution in [2.45, 2.75) is 32.0 Å². The molecule has 6 rings (SSSR count). The second-order valence-electron chi connectivity index (χ2n) is 9.22. The first-order valence-electron chi connectivity index (χ1n) is 11.5. The van der Waals surface area contributed by atoms with Gasteiger partial charge in [-0.2, -0.15) is 0 Å². The molecular weight excluding hydrogens is 490 g/mol. The molecule has 4 aromatic rings. The Hall–Kier alpha value is -3.38. The first-order chi connectivity index (χ1) is 16.5. The topological polar surface area (TPSA) is 56.4 Å². The number of benzene rings is 3. The van der Waals surface area contributed by atoms with E-state index >= 15 is 0 Å². The van der Waals surface area contributed by atoms with Crippen molar-refractivity contribution in [3.8, 4) is 0 Å². The van der Waals surface area contributed by atoms with Gasteiger partial charge in [0.2, 0.25) is 11.8 Å². The Bertz CT molecular complexity index is 1410. The second kappa shape index (κ2) is 8.13. The predicted octanol–water partition coefficient (Wildman–Crippen LogP) is 5.12. The fraction of sp³-hybridized carbons (Fsp3) is 0.214. The Labute approximate surface area is 206 Å². The molecule has 0 saturated carbocycles. The average Bonchev–Trinajstić information content (AvgIpc) is 3.21. The SMILES string of the molecule is Cc1ccc(CN2CC(=O)N3[C@@H](c4ccc(Br)cc4)c4[nH]c5ccccc5c4C[C@H]3C2=O)cc1. The fourth-order valence-electron chi connectivity index (χ4n) is 5.36. The zero-order valence-electron chi connectivity index (χ0n) is 18.8. The summed E-state index contributed by atoms with van der Waals surface area (Å²) in [6.45, 7) is 2.57. The molecule has 34 heavy (non-hydrogen) atoms. The molecule has 3 heterocycles. The summed E-state index contributed by atoms with van der Waals surface area (Å²) in [5.41, 5.74) is 6.37. The van der Waals surface area contributed by atoms with Crippen LogP contribution in [0.3, 0.4) is 0 Å². The van der Waals surface area contributed by atoms with E-state index in [2.05, 4.69) is 33.0 Å². The zero-order valence-corrected chi connectivity index (χ0v) is 20.4. The van der Waals surface area contributed by atoms with Crippen molar-refractivity contribution < 1.29 is 9.59 Å². The monoisotopic (exact) mass is 513 g/mol. The summed E-state index contributed by atoms with van der Waals surface area (Å²) in [5, 5.41) is 1.12. The molecule has 2 atom stereocenters. The standard InChI is InChI=1S/C28H24BrN3O2/c1-17-6-8-18(9-7-17)15-31-16-25(33)32-24(28(31)34)14-22-21-4-2-3-5-23(21)30-26(22)27(32)19-10-12-20(29)13-11-19/h2-13,24,27,30H,14-16H2,1H3/t24-,27-/m0/s1. The number of piperazine rings is 1. The molecule has 1 saturated heterocycles. The van der Waals surface area contributed by atoms with Crippen LogP contribution >= 0.6 is 15.9 Å². The summed E-state index contributed by atoms with van der Waals surface area (Å²) in [5.74, 6) is -0.00726. The lowest BCUT2D eigenvalue weighted by atomic mass is 9.86. The van der Waals surface area contributed by atoms with Crippen molar-refractivity contribution in [2.24, 2.45) is 0 Å². The summed E-state index contributed by atoms with van der Waals surface area (Å²) >= 11 is 3.51. The fourth-order valence-corrected chi connectivity index (χ4v) is 5.63. The van der Waals surface area contributed by atoms with Crippen molar-refractivity contribution in [2.75, 3.05) is 6.54 Å². The minimum absolute atomic E-state index is 0.0122. The number of para-hydroxylation sites is 1. The molecule has 1 aromatic heterocycles.